The predicted molar refractivity (Wildman–Crippen MR) is 56.9 cm³/mol. The molecule has 1 unspecified atom stereocenters. The highest BCUT2D eigenvalue weighted by Crippen LogP contribution is 2.11. The van der Waals surface area contributed by atoms with Crippen LogP contribution in [0.2, 0.25) is 0 Å². The van der Waals surface area contributed by atoms with Gasteiger partial charge >= 0.3 is 5.97 Å². The molecular weight excluding hydrogens is 194 g/mol. The predicted octanol–water partition coefficient (Wildman–Crippen LogP) is 1.18. The van der Waals surface area contributed by atoms with Crippen molar-refractivity contribution in [1.29, 1.82) is 0 Å². The first-order valence-corrected chi connectivity index (χ1v) is 4.77. The maximum Gasteiger partial charge on any atom is 0.320 e. The Labute approximate surface area is 88.7 Å². The van der Waals surface area contributed by atoms with Crippen LogP contribution in [0.1, 0.15) is 12.0 Å². The number of benzene rings is 1. The molecule has 0 spiro atoms. The van der Waals surface area contributed by atoms with Gasteiger partial charge in [-0.05, 0) is 19.1 Å². The van der Waals surface area contributed by atoms with Crippen molar-refractivity contribution in [1.82, 2.24) is 0 Å². The van der Waals surface area contributed by atoms with Gasteiger partial charge in [0, 0.05) is 6.42 Å². The number of carbonyl (C=O) groups is 1. The molecule has 0 fully saturated rings. The number of carboxylic acid groups (broad SMARTS) is 1. The van der Waals surface area contributed by atoms with Crippen LogP contribution in [0, 0.1) is 6.92 Å². The Balaban J connectivity index is 2.32. The molecule has 0 aliphatic rings. The van der Waals surface area contributed by atoms with E-state index in [1.165, 1.54) is 0 Å². The summed E-state index contributed by atoms with van der Waals surface area (Å²) >= 11 is 0. The molecule has 4 nitrogen and oxygen atoms in total. The van der Waals surface area contributed by atoms with E-state index in [2.05, 4.69) is 0 Å². The van der Waals surface area contributed by atoms with E-state index in [1.807, 2.05) is 31.2 Å². The number of rotatable bonds is 5. The fourth-order valence-electron chi connectivity index (χ4n) is 1.06. The monoisotopic (exact) mass is 209 g/mol. The minimum absolute atomic E-state index is 0.309. The maximum absolute atomic E-state index is 10.4. The van der Waals surface area contributed by atoms with Crippen molar-refractivity contribution in [2.24, 2.45) is 5.73 Å². The van der Waals surface area contributed by atoms with E-state index in [4.69, 9.17) is 15.6 Å². The van der Waals surface area contributed by atoms with Gasteiger partial charge in [-0.3, -0.25) is 4.79 Å². The van der Waals surface area contributed by atoms with Gasteiger partial charge < -0.3 is 15.6 Å². The van der Waals surface area contributed by atoms with Gasteiger partial charge in [-0.1, -0.05) is 17.7 Å². The lowest BCUT2D eigenvalue weighted by Gasteiger charge is -2.08. The summed E-state index contributed by atoms with van der Waals surface area (Å²) in [6.45, 7) is 2.31. The topological polar surface area (TPSA) is 72.5 Å². The van der Waals surface area contributed by atoms with Crippen molar-refractivity contribution in [3.63, 3.8) is 0 Å². The Kier molecular flexibility index (Phi) is 4.12. The average molecular weight is 209 g/mol. The first kappa shape index (κ1) is 11.5. The summed E-state index contributed by atoms with van der Waals surface area (Å²) in [5.74, 6) is -0.263. The highest BCUT2D eigenvalue weighted by atomic mass is 16.5. The lowest BCUT2D eigenvalue weighted by Crippen LogP contribution is -2.31. The third-order valence-electron chi connectivity index (χ3n) is 2.04. The van der Waals surface area contributed by atoms with E-state index in [1.54, 1.807) is 0 Å². The van der Waals surface area contributed by atoms with Crippen LogP contribution in [-0.2, 0) is 4.79 Å². The molecule has 0 aliphatic heterocycles. The molecule has 0 aliphatic carbocycles. The van der Waals surface area contributed by atoms with Crippen molar-refractivity contribution < 1.29 is 14.6 Å². The first-order valence-electron chi connectivity index (χ1n) is 4.77. The molecule has 0 saturated heterocycles. The Hall–Kier alpha value is -1.55. The second kappa shape index (κ2) is 5.36. The molecule has 1 atom stereocenters. The molecule has 0 amide bonds. The molecule has 1 aromatic carbocycles. The first-order chi connectivity index (χ1) is 7.09. The van der Waals surface area contributed by atoms with Crippen molar-refractivity contribution in [2.75, 3.05) is 6.61 Å². The third-order valence-corrected chi connectivity index (χ3v) is 2.04. The van der Waals surface area contributed by atoms with E-state index >= 15 is 0 Å². The zero-order valence-corrected chi connectivity index (χ0v) is 8.64. The third kappa shape index (κ3) is 3.99. The van der Waals surface area contributed by atoms with Gasteiger partial charge in [-0.15, -0.1) is 0 Å². The molecule has 4 heteroatoms. The van der Waals surface area contributed by atoms with Crippen LogP contribution in [0.3, 0.4) is 0 Å². The molecule has 0 aromatic heterocycles. The highest BCUT2D eigenvalue weighted by Gasteiger charge is 2.10. The molecule has 1 aromatic rings. The molecule has 82 valence electrons. The van der Waals surface area contributed by atoms with Crippen molar-refractivity contribution in [2.45, 2.75) is 19.4 Å². The van der Waals surface area contributed by atoms with Crippen molar-refractivity contribution >= 4 is 5.97 Å². The van der Waals surface area contributed by atoms with Gasteiger partial charge in [0.05, 0.1) is 6.61 Å². The fraction of sp³-hybridized carbons (Fsp3) is 0.364. The van der Waals surface area contributed by atoms with E-state index in [0.29, 0.717) is 13.0 Å². The molecule has 0 radical (unpaired) electrons. The van der Waals surface area contributed by atoms with E-state index in [0.717, 1.165) is 11.3 Å². The molecule has 15 heavy (non-hydrogen) atoms. The number of ether oxygens (including phenoxy) is 1. The molecule has 0 heterocycles. The van der Waals surface area contributed by atoms with Gasteiger partial charge in [0.25, 0.3) is 0 Å². The van der Waals surface area contributed by atoms with E-state index in [9.17, 15) is 4.79 Å². The standard InChI is InChI=1S/C11H15NO3/c1-8-2-4-9(5-3-8)15-7-6-10(12)11(13)14/h2-5,10H,6-7,12H2,1H3,(H,13,14). The van der Waals surface area contributed by atoms with Crippen LogP contribution in [0.15, 0.2) is 24.3 Å². The van der Waals surface area contributed by atoms with Crippen LogP contribution in [0.5, 0.6) is 5.75 Å². The fourth-order valence-corrected chi connectivity index (χ4v) is 1.06. The minimum Gasteiger partial charge on any atom is -0.494 e. The number of carboxylic acids is 1. The van der Waals surface area contributed by atoms with E-state index in [-0.39, 0.29) is 0 Å². The summed E-state index contributed by atoms with van der Waals surface area (Å²) in [5, 5.41) is 8.54. The summed E-state index contributed by atoms with van der Waals surface area (Å²) in [6, 6.07) is 6.72. The lowest BCUT2D eigenvalue weighted by atomic mass is 10.2. The van der Waals surface area contributed by atoms with Crippen molar-refractivity contribution in [3.05, 3.63) is 29.8 Å². The van der Waals surface area contributed by atoms with Crippen LogP contribution < -0.4 is 10.5 Å². The Morgan fingerprint density at radius 1 is 1.47 bits per heavy atom. The SMILES string of the molecule is Cc1ccc(OCCC(N)C(=O)O)cc1. The molecule has 0 bridgehead atoms. The zero-order valence-electron chi connectivity index (χ0n) is 8.64. The lowest BCUT2D eigenvalue weighted by molar-refractivity contribution is -0.138. The Bertz CT molecular complexity index is 321. The Morgan fingerprint density at radius 3 is 2.60 bits per heavy atom. The summed E-state index contributed by atoms with van der Waals surface area (Å²) in [5.41, 5.74) is 6.48. The smallest absolute Gasteiger partial charge is 0.320 e. The molecular formula is C11H15NO3. The second-order valence-electron chi connectivity index (χ2n) is 3.39. The van der Waals surface area contributed by atoms with Crippen molar-refractivity contribution in [3.8, 4) is 5.75 Å². The summed E-state index contributed by atoms with van der Waals surface area (Å²) in [6.07, 6.45) is 0.309. The zero-order chi connectivity index (χ0) is 11.3. The number of nitrogens with two attached hydrogens (primary N) is 1. The van der Waals surface area contributed by atoms with Gasteiger partial charge in [-0.25, -0.2) is 0 Å². The molecule has 3 N–H and O–H groups in total. The number of aryl methyl sites for hydroxylation is 1. The van der Waals surface area contributed by atoms with Gasteiger partial charge in [-0.2, -0.15) is 0 Å². The normalized spacial score (nSPS) is 12.1. The average Bonchev–Trinajstić information content (AvgIpc) is 2.20. The number of hydrogen-bond donors (Lipinski definition) is 2. The minimum atomic E-state index is -0.998. The van der Waals surface area contributed by atoms with Gasteiger partial charge in [0.15, 0.2) is 0 Å². The quantitative estimate of drug-likeness (QED) is 0.763. The second-order valence-corrected chi connectivity index (χ2v) is 3.39. The summed E-state index contributed by atoms with van der Waals surface area (Å²) in [7, 11) is 0. The molecule has 0 saturated carbocycles. The number of aliphatic carboxylic acids is 1. The van der Waals surface area contributed by atoms with Crippen LogP contribution in [0.4, 0.5) is 0 Å². The Morgan fingerprint density at radius 2 is 2.07 bits per heavy atom. The largest absolute Gasteiger partial charge is 0.494 e. The van der Waals surface area contributed by atoms with Crippen LogP contribution in [-0.4, -0.2) is 23.7 Å². The van der Waals surface area contributed by atoms with E-state index < -0.39 is 12.0 Å². The van der Waals surface area contributed by atoms with Gasteiger partial charge in [0.1, 0.15) is 11.8 Å². The van der Waals surface area contributed by atoms with Crippen LogP contribution >= 0.6 is 0 Å². The van der Waals surface area contributed by atoms with Crippen LogP contribution in [0.25, 0.3) is 0 Å². The highest BCUT2D eigenvalue weighted by molar-refractivity contribution is 5.72. The summed E-state index contributed by atoms with van der Waals surface area (Å²) < 4.78 is 5.34. The van der Waals surface area contributed by atoms with Gasteiger partial charge in [0.2, 0.25) is 0 Å². The summed E-state index contributed by atoms with van der Waals surface area (Å²) in [4.78, 5) is 10.4. The number of hydrogen-bond acceptors (Lipinski definition) is 3. The molecule has 1 rings (SSSR count). The maximum atomic E-state index is 10.4.